The minimum absolute atomic E-state index is 0.258. The number of anilines is 1. The molecule has 0 spiro atoms. The second kappa shape index (κ2) is 4.43. The summed E-state index contributed by atoms with van der Waals surface area (Å²) in [6.07, 6.45) is 4.69. The van der Waals surface area contributed by atoms with Gasteiger partial charge in [-0.1, -0.05) is 5.21 Å². The first-order valence-electron chi connectivity index (χ1n) is 4.68. The van der Waals surface area contributed by atoms with Gasteiger partial charge in [0.15, 0.2) is 0 Å². The van der Waals surface area contributed by atoms with E-state index in [4.69, 9.17) is 5.73 Å². The lowest BCUT2D eigenvalue weighted by atomic mass is 10.3. The average Bonchev–Trinajstić information content (AvgIpc) is 2.88. The van der Waals surface area contributed by atoms with Crippen LogP contribution in [0.15, 0.2) is 18.6 Å². The lowest BCUT2D eigenvalue weighted by Crippen LogP contribution is -2.27. The third-order valence-electron chi connectivity index (χ3n) is 2.01. The Hall–Kier alpha value is -2.38. The maximum atomic E-state index is 11.6. The molecular weight excluding hydrogens is 210 g/mol. The molecule has 0 fully saturated rings. The molecule has 0 saturated carbocycles. The first-order chi connectivity index (χ1) is 7.77. The normalized spacial score (nSPS) is 10.2. The summed E-state index contributed by atoms with van der Waals surface area (Å²) in [7, 11) is 0. The number of nitrogens with two attached hydrogens (primary N) is 1. The monoisotopic (exact) mass is 221 g/mol. The van der Waals surface area contributed by atoms with Crippen molar-refractivity contribution in [3.63, 3.8) is 0 Å². The van der Waals surface area contributed by atoms with Gasteiger partial charge in [0.25, 0.3) is 5.91 Å². The first-order valence-corrected chi connectivity index (χ1v) is 4.68. The summed E-state index contributed by atoms with van der Waals surface area (Å²) >= 11 is 0. The maximum absolute atomic E-state index is 11.6. The van der Waals surface area contributed by atoms with Gasteiger partial charge in [-0.25, -0.2) is 0 Å². The number of hydrogen-bond donors (Lipinski definition) is 3. The number of aromatic nitrogens is 5. The van der Waals surface area contributed by atoms with Crippen LogP contribution in [-0.4, -0.2) is 37.6 Å². The average molecular weight is 221 g/mol. The molecule has 16 heavy (non-hydrogen) atoms. The summed E-state index contributed by atoms with van der Waals surface area (Å²) < 4.78 is 1.62. The molecule has 0 bridgehead atoms. The van der Waals surface area contributed by atoms with Crippen molar-refractivity contribution in [2.45, 2.75) is 6.54 Å². The SMILES string of the molecule is Nc1[nH]ncc1C(=O)NCCn1ccnn1. The number of nitrogens with one attached hydrogen (secondary N) is 2. The highest BCUT2D eigenvalue weighted by atomic mass is 16.1. The highest BCUT2D eigenvalue weighted by Gasteiger charge is 2.10. The van der Waals surface area contributed by atoms with Crippen LogP contribution >= 0.6 is 0 Å². The summed E-state index contributed by atoms with van der Waals surface area (Å²) in [5.41, 5.74) is 5.85. The summed E-state index contributed by atoms with van der Waals surface area (Å²) in [5, 5.41) is 16.3. The van der Waals surface area contributed by atoms with E-state index in [0.717, 1.165) is 0 Å². The van der Waals surface area contributed by atoms with E-state index in [9.17, 15) is 4.79 Å². The van der Waals surface area contributed by atoms with Crippen LogP contribution in [-0.2, 0) is 6.54 Å². The lowest BCUT2D eigenvalue weighted by Gasteiger charge is -2.03. The molecule has 0 radical (unpaired) electrons. The third-order valence-corrected chi connectivity index (χ3v) is 2.01. The fraction of sp³-hybridized carbons (Fsp3) is 0.250. The van der Waals surface area contributed by atoms with Gasteiger partial charge < -0.3 is 11.1 Å². The van der Waals surface area contributed by atoms with Crippen molar-refractivity contribution < 1.29 is 4.79 Å². The number of H-pyrrole nitrogens is 1. The Bertz CT molecular complexity index is 460. The van der Waals surface area contributed by atoms with Crippen LogP contribution < -0.4 is 11.1 Å². The Balaban J connectivity index is 1.83. The van der Waals surface area contributed by atoms with Crippen LogP contribution in [0.4, 0.5) is 5.82 Å². The Morgan fingerprint density at radius 3 is 3.12 bits per heavy atom. The maximum Gasteiger partial charge on any atom is 0.256 e. The number of nitrogens with zero attached hydrogens (tertiary/aromatic N) is 4. The van der Waals surface area contributed by atoms with Gasteiger partial charge in [0.05, 0.1) is 18.9 Å². The molecule has 2 heterocycles. The number of carbonyl (C=O) groups is 1. The van der Waals surface area contributed by atoms with Gasteiger partial charge in [-0.15, -0.1) is 5.10 Å². The highest BCUT2D eigenvalue weighted by Crippen LogP contribution is 2.04. The molecule has 0 aromatic carbocycles. The summed E-state index contributed by atoms with van der Waals surface area (Å²) in [6.45, 7) is 1.01. The molecule has 2 rings (SSSR count). The van der Waals surface area contributed by atoms with Crippen LogP contribution in [0.5, 0.6) is 0 Å². The number of rotatable bonds is 4. The molecule has 0 aliphatic heterocycles. The molecule has 0 atom stereocenters. The van der Waals surface area contributed by atoms with Gasteiger partial charge in [-0.05, 0) is 0 Å². The Morgan fingerprint density at radius 1 is 1.62 bits per heavy atom. The molecule has 2 aromatic heterocycles. The van der Waals surface area contributed by atoms with Crippen molar-refractivity contribution in [2.24, 2.45) is 0 Å². The van der Waals surface area contributed by atoms with Crippen molar-refractivity contribution in [3.05, 3.63) is 24.2 Å². The summed E-state index contributed by atoms with van der Waals surface area (Å²) in [4.78, 5) is 11.6. The van der Waals surface area contributed by atoms with Gasteiger partial charge in [0.1, 0.15) is 11.4 Å². The van der Waals surface area contributed by atoms with Crippen LogP contribution in [0.1, 0.15) is 10.4 Å². The number of amides is 1. The zero-order valence-corrected chi connectivity index (χ0v) is 8.42. The van der Waals surface area contributed by atoms with E-state index in [0.29, 0.717) is 18.7 Å². The van der Waals surface area contributed by atoms with Gasteiger partial charge in [-0.3, -0.25) is 14.6 Å². The standard InChI is InChI=1S/C8H11N7O/c9-7-6(5-12-13-7)8(16)10-1-3-15-4-2-11-14-15/h2,4-5H,1,3H2,(H,10,16)(H3,9,12,13). The molecule has 1 amide bonds. The second-order valence-electron chi connectivity index (χ2n) is 3.12. The van der Waals surface area contributed by atoms with Crippen LogP contribution in [0.25, 0.3) is 0 Å². The quantitative estimate of drug-likeness (QED) is 0.613. The summed E-state index contributed by atoms with van der Waals surface area (Å²) in [6, 6.07) is 0. The predicted molar refractivity (Wildman–Crippen MR) is 55.4 cm³/mol. The fourth-order valence-corrected chi connectivity index (χ4v) is 1.21. The van der Waals surface area contributed by atoms with E-state index < -0.39 is 0 Å². The largest absolute Gasteiger partial charge is 0.383 e. The molecule has 84 valence electrons. The molecule has 0 aliphatic carbocycles. The van der Waals surface area contributed by atoms with E-state index in [-0.39, 0.29) is 11.7 Å². The van der Waals surface area contributed by atoms with Crippen molar-refractivity contribution in [1.82, 2.24) is 30.5 Å². The third kappa shape index (κ3) is 2.16. The zero-order chi connectivity index (χ0) is 11.4. The van der Waals surface area contributed by atoms with Crippen LogP contribution in [0.2, 0.25) is 0 Å². The van der Waals surface area contributed by atoms with E-state index >= 15 is 0 Å². The van der Waals surface area contributed by atoms with Crippen molar-refractivity contribution >= 4 is 11.7 Å². The molecule has 0 saturated heterocycles. The van der Waals surface area contributed by atoms with Crippen molar-refractivity contribution in [1.29, 1.82) is 0 Å². The molecule has 0 unspecified atom stereocenters. The van der Waals surface area contributed by atoms with Crippen LogP contribution in [0.3, 0.4) is 0 Å². The molecule has 8 nitrogen and oxygen atoms in total. The fourth-order valence-electron chi connectivity index (χ4n) is 1.21. The second-order valence-corrected chi connectivity index (χ2v) is 3.12. The zero-order valence-electron chi connectivity index (χ0n) is 8.42. The smallest absolute Gasteiger partial charge is 0.256 e. The minimum atomic E-state index is -0.258. The minimum Gasteiger partial charge on any atom is -0.383 e. The van der Waals surface area contributed by atoms with Gasteiger partial charge in [-0.2, -0.15) is 5.10 Å². The Morgan fingerprint density at radius 2 is 2.50 bits per heavy atom. The lowest BCUT2D eigenvalue weighted by molar-refractivity contribution is 0.0953. The summed E-state index contributed by atoms with van der Waals surface area (Å²) in [5.74, 6) is 0.00428. The number of aromatic amines is 1. The molecule has 2 aromatic rings. The topological polar surface area (TPSA) is 115 Å². The first kappa shape index (κ1) is 10.1. The highest BCUT2D eigenvalue weighted by molar-refractivity contribution is 5.97. The van der Waals surface area contributed by atoms with E-state index in [1.54, 1.807) is 17.1 Å². The Kier molecular flexibility index (Phi) is 2.81. The molecule has 0 aliphatic rings. The van der Waals surface area contributed by atoms with E-state index in [1.807, 2.05) is 0 Å². The number of carbonyl (C=O) groups excluding carboxylic acids is 1. The number of hydrogen-bond acceptors (Lipinski definition) is 5. The molecular formula is C8H11N7O. The van der Waals surface area contributed by atoms with Crippen molar-refractivity contribution in [2.75, 3.05) is 12.3 Å². The van der Waals surface area contributed by atoms with Gasteiger partial charge in [0.2, 0.25) is 0 Å². The van der Waals surface area contributed by atoms with Crippen molar-refractivity contribution in [3.8, 4) is 0 Å². The van der Waals surface area contributed by atoms with Gasteiger partial charge in [0, 0.05) is 12.7 Å². The van der Waals surface area contributed by atoms with Crippen LogP contribution in [0, 0.1) is 0 Å². The van der Waals surface area contributed by atoms with E-state index in [2.05, 4.69) is 25.8 Å². The Labute approximate surface area is 90.8 Å². The number of nitrogen functional groups attached to an aromatic ring is 1. The molecule has 8 heteroatoms. The molecule has 4 N–H and O–H groups in total. The van der Waals surface area contributed by atoms with Gasteiger partial charge >= 0.3 is 0 Å². The van der Waals surface area contributed by atoms with E-state index in [1.165, 1.54) is 6.20 Å². The predicted octanol–water partition coefficient (Wildman–Crippen LogP) is -0.987.